The van der Waals surface area contributed by atoms with E-state index < -0.39 is 0 Å². The number of rotatable bonds is 5. The number of benzene rings is 2. The van der Waals surface area contributed by atoms with Gasteiger partial charge in [0.2, 0.25) is 0 Å². The number of ether oxygens (including phenoxy) is 1. The Kier molecular flexibility index (Phi) is 5.66. The quantitative estimate of drug-likeness (QED) is 0.896. The molecule has 0 bridgehead atoms. The van der Waals surface area contributed by atoms with Crippen molar-refractivity contribution >= 4 is 11.6 Å². The zero-order valence-electron chi connectivity index (χ0n) is 15.4. The van der Waals surface area contributed by atoms with Crippen LogP contribution in [0.15, 0.2) is 48.5 Å². The SMILES string of the molecule is CC(C)c1ccc(N2CCN(C(=O)COc3ccccc3O)CC2)cc1. The van der Waals surface area contributed by atoms with Gasteiger partial charge in [-0.05, 0) is 35.7 Å². The molecule has 0 atom stereocenters. The van der Waals surface area contributed by atoms with Crippen LogP contribution in [0.2, 0.25) is 0 Å². The number of piperazine rings is 1. The first-order valence-electron chi connectivity index (χ1n) is 9.08. The maximum absolute atomic E-state index is 12.3. The van der Waals surface area contributed by atoms with Crippen LogP contribution in [-0.4, -0.2) is 48.7 Å². The van der Waals surface area contributed by atoms with Crippen LogP contribution < -0.4 is 9.64 Å². The van der Waals surface area contributed by atoms with Gasteiger partial charge in [0.05, 0.1) is 0 Å². The van der Waals surface area contributed by atoms with Crippen LogP contribution >= 0.6 is 0 Å². The van der Waals surface area contributed by atoms with E-state index in [2.05, 4.69) is 43.0 Å². The molecule has 0 spiro atoms. The van der Waals surface area contributed by atoms with Gasteiger partial charge in [-0.25, -0.2) is 0 Å². The highest BCUT2D eigenvalue weighted by molar-refractivity contribution is 5.78. The number of hydrogen-bond donors (Lipinski definition) is 1. The first kappa shape index (κ1) is 18.1. The monoisotopic (exact) mass is 354 g/mol. The van der Waals surface area contributed by atoms with Crippen molar-refractivity contribution in [1.29, 1.82) is 0 Å². The third kappa shape index (κ3) is 4.28. The molecule has 1 aliphatic heterocycles. The van der Waals surface area contributed by atoms with E-state index in [4.69, 9.17) is 4.74 Å². The van der Waals surface area contributed by atoms with Crippen molar-refractivity contribution in [3.05, 3.63) is 54.1 Å². The molecule has 0 aliphatic carbocycles. The Morgan fingerprint density at radius 2 is 1.69 bits per heavy atom. The number of hydrogen-bond acceptors (Lipinski definition) is 4. The molecule has 3 rings (SSSR count). The maximum atomic E-state index is 12.3. The Labute approximate surface area is 154 Å². The van der Waals surface area contributed by atoms with Crippen molar-refractivity contribution in [2.45, 2.75) is 19.8 Å². The lowest BCUT2D eigenvalue weighted by Crippen LogP contribution is -2.50. The number of phenolic OH excluding ortho intramolecular Hbond substituents is 1. The summed E-state index contributed by atoms with van der Waals surface area (Å²) in [4.78, 5) is 16.5. The van der Waals surface area contributed by atoms with Crippen LogP contribution in [0, 0.1) is 0 Å². The lowest BCUT2D eigenvalue weighted by atomic mass is 10.0. The molecule has 1 N–H and O–H groups in total. The normalized spacial score (nSPS) is 14.6. The lowest BCUT2D eigenvalue weighted by molar-refractivity contribution is -0.133. The summed E-state index contributed by atoms with van der Waals surface area (Å²) >= 11 is 0. The van der Waals surface area contributed by atoms with Gasteiger partial charge in [0.15, 0.2) is 18.1 Å². The number of amides is 1. The summed E-state index contributed by atoms with van der Waals surface area (Å²) in [7, 11) is 0. The summed E-state index contributed by atoms with van der Waals surface area (Å²) in [5.74, 6) is 0.866. The van der Waals surface area contributed by atoms with Crippen molar-refractivity contribution in [1.82, 2.24) is 4.90 Å². The second kappa shape index (κ2) is 8.13. The largest absolute Gasteiger partial charge is 0.504 e. The van der Waals surface area contributed by atoms with E-state index in [1.54, 1.807) is 24.3 Å². The number of aromatic hydroxyl groups is 1. The van der Waals surface area contributed by atoms with Gasteiger partial charge >= 0.3 is 0 Å². The second-order valence-corrected chi connectivity index (χ2v) is 6.87. The first-order chi connectivity index (χ1) is 12.5. The average Bonchev–Trinajstić information content (AvgIpc) is 2.67. The van der Waals surface area contributed by atoms with Gasteiger partial charge in [-0.15, -0.1) is 0 Å². The Morgan fingerprint density at radius 1 is 1.04 bits per heavy atom. The lowest BCUT2D eigenvalue weighted by Gasteiger charge is -2.36. The predicted octanol–water partition coefficient (Wildman–Crippen LogP) is 3.24. The standard InChI is InChI=1S/C21H26N2O3/c1-16(2)17-7-9-18(10-8-17)22-11-13-23(14-12-22)21(25)15-26-20-6-4-3-5-19(20)24/h3-10,16,24H,11-15H2,1-2H3. The molecule has 138 valence electrons. The first-order valence-corrected chi connectivity index (χ1v) is 9.08. The van der Waals surface area contributed by atoms with Crippen molar-refractivity contribution in [3.63, 3.8) is 0 Å². The van der Waals surface area contributed by atoms with Gasteiger partial charge in [-0.3, -0.25) is 4.79 Å². The number of nitrogens with zero attached hydrogens (tertiary/aromatic N) is 2. The van der Waals surface area contributed by atoms with E-state index in [-0.39, 0.29) is 18.3 Å². The molecule has 5 nitrogen and oxygen atoms in total. The van der Waals surface area contributed by atoms with E-state index in [9.17, 15) is 9.90 Å². The van der Waals surface area contributed by atoms with Crippen LogP contribution in [-0.2, 0) is 4.79 Å². The Hall–Kier alpha value is -2.69. The molecule has 0 radical (unpaired) electrons. The molecule has 5 heteroatoms. The summed E-state index contributed by atoms with van der Waals surface area (Å²) < 4.78 is 5.44. The Balaban J connectivity index is 1.50. The fourth-order valence-corrected chi connectivity index (χ4v) is 3.09. The smallest absolute Gasteiger partial charge is 0.260 e. The van der Waals surface area contributed by atoms with Crippen molar-refractivity contribution < 1.29 is 14.6 Å². The highest BCUT2D eigenvalue weighted by atomic mass is 16.5. The van der Waals surface area contributed by atoms with Gasteiger partial charge in [0, 0.05) is 31.9 Å². The summed E-state index contributed by atoms with van der Waals surface area (Å²) in [6.07, 6.45) is 0. The Morgan fingerprint density at radius 3 is 2.31 bits per heavy atom. The second-order valence-electron chi connectivity index (χ2n) is 6.87. The Bertz CT molecular complexity index is 735. The number of carbonyl (C=O) groups excluding carboxylic acids is 1. The summed E-state index contributed by atoms with van der Waals surface area (Å²) in [6, 6.07) is 15.4. The van der Waals surface area contributed by atoms with E-state index in [0.717, 1.165) is 13.1 Å². The highest BCUT2D eigenvalue weighted by Gasteiger charge is 2.22. The molecule has 1 heterocycles. The third-order valence-corrected chi connectivity index (χ3v) is 4.77. The minimum atomic E-state index is -0.0549. The summed E-state index contributed by atoms with van der Waals surface area (Å²) in [5.41, 5.74) is 2.54. The number of anilines is 1. The average molecular weight is 354 g/mol. The molecule has 2 aromatic rings. The van der Waals surface area contributed by atoms with Crippen LogP contribution in [0.25, 0.3) is 0 Å². The minimum absolute atomic E-state index is 0.0509. The summed E-state index contributed by atoms with van der Waals surface area (Å²) in [6.45, 7) is 7.30. The molecule has 26 heavy (non-hydrogen) atoms. The van der Waals surface area contributed by atoms with Crippen LogP contribution in [0.1, 0.15) is 25.3 Å². The third-order valence-electron chi connectivity index (χ3n) is 4.77. The van der Waals surface area contributed by atoms with E-state index in [1.165, 1.54) is 11.3 Å². The zero-order chi connectivity index (χ0) is 18.5. The van der Waals surface area contributed by atoms with Gasteiger partial charge in [-0.1, -0.05) is 38.1 Å². The van der Waals surface area contributed by atoms with Crippen molar-refractivity contribution in [2.24, 2.45) is 0 Å². The minimum Gasteiger partial charge on any atom is -0.504 e. The van der Waals surface area contributed by atoms with Crippen molar-refractivity contribution in [2.75, 3.05) is 37.7 Å². The number of phenols is 1. The molecular formula is C21H26N2O3. The fourth-order valence-electron chi connectivity index (χ4n) is 3.09. The van der Waals surface area contributed by atoms with Crippen LogP contribution in [0.3, 0.4) is 0 Å². The summed E-state index contributed by atoms with van der Waals surface area (Å²) in [5, 5.41) is 9.69. The molecule has 1 fully saturated rings. The van der Waals surface area contributed by atoms with Gasteiger partial charge in [0.1, 0.15) is 0 Å². The van der Waals surface area contributed by atoms with E-state index in [0.29, 0.717) is 24.8 Å². The van der Waals surface area contributed by atoms with E-state index in [1.807, 2.05) is 4.90 Å². The molecule has 0 saturated carbocycles. The van der Waals surface area contributed by atoms with Crippen LogP contribution in [0.4, 0.5) is 5.69 Å². The fraction of sp³-hybridized carbons (Fsp3) is 0.381. The zero-order valence-corrected chi connectivity index (χ0v) is 15.4. The van der Waals surface area contributed by atoms with Gasteiger partial charge in [-0.2, -0.15) is 0 Å². The van der Waals surface area contributed by atoms with Crippen molar-refractivity contribution in [3.8, 4) is 11.5 Å². The number of para-hydroxylation sites is 2. The molecule has 1 amide bonds. The molecule has 0 unspecified atom stereocenters. The molecule has 2 aromatic carbocycles. The highest BCUT2D eigenvalue weighted by Crippen LogP contribution is 2.24. The maximum Gasteiger partial charge on any atom is 0.260 e. The predicted molar refractivity (Wildman–Crippen MR) is 103 cm³/mol. The van der Waals surface area contributed by atoms with Gasteiger partial charge in [0.25, 0.3) is 5.91 Å². The molecule has 1 saturated heterocycles. The molecular weight excluding hydrogens is 328 g/mol. The topological polar surface area (TPSA) is 53.0 Å². The van der Waals surface area contributed by atoms with Gasteiger partial charge < -0.3 is 19.6 Å². The van der Waals surface area contributed by atoms with Crippen LogP contribution in [0.5, 0.6) is 11.5 Å². The number of carbonyl (C=O) groups is 1. The van der Waals surface area contributed by atoms with E-state index >= 15 is 0 Å². The molecule has 0 aromatic heterocycles. The molecule has 1 aliphatic rings.